The minimum atomic E-state index is -3.05. The molecule has 0 aliphatic carbocycles. The van der Waals surface area contributed by atoms with Gasteiger partial charge in [0.1, 0.15) is 12.2 Å². The molecule has 0 aromatic heterocycles. The van der Waals surface area contributed by atoms with Crippen LogP contribution in [0.2, 0.25) is 10.1 Å². The molecule has 0 spiro atoms. The molecule has 0 unspecified atom stereocenters. The molecule has 0 radical (unpaired) electrons. The molecule has 2 heterocycles. The van der Waals surface area contributed by atoms with Crippen LogP contribution in [0.1, 0.15) is 41.5 Å². The molecule has 8 heteroatoms. The molecule has 0 amide bonds. The molecule has 4 atom stereocenters. The van der Waals surface area contributed by atoms with Crippen molar-refractivity contribution in [1.82, 2.24) is 0 Å². The molecule has 2 aliphatic rings. The van der Waals surface area contributed by atoms with E-state index in [1.54, 1.807) is 0 Å². The van der Waals surface area contributed by atoms with Crippen molar-refractivity contribution in [2.75, 3.05) is 13.7 Å². The lowest BCUT2D eigenvalue weighted by molar-refractivity contribution is -0.234. The van der Waals surface area contributed by atoms with Gasteiger partial charge in [-0.25, -0.2) is 8.78 Å². The van der Waals surface area contributed by atoms with E-state index in [-0.39, 0.29) is 16.7 Å². The number of hydrogen-bond donors (Lipinski definition) is 1. The summed E-state index contributed by atoms with van der Waals surface area (Å²) in [6, 6.07) is 0. The highest BCUT2D eigenvalue weighted by Gasteiger charge is 2.71. The molecule has 2 rings (SSSR count). The van der Waals surface area contributed by atoms with E-state index >= 15 is 0 Å². The molecule has 23 heavy (non-hydrogen) atoms. The number of methoxy groups -OCH3 is 1. The van der Waals surface area contributed by atoms with Crippen LogP contribution < -0.4 is 0 Å². The third kappa shape index (κ3) is 2.67. The van der Waals surface area contributed by atoms with E-state index in [9.17, 15) is 13.9 Å². The van der Waals surface area contributed by atoms with Crippen molar-refractivity contribution in [1.29, 1.82) is 0 Å². The summed E-state index contributed by atoms with van der Waals surface area (Å²) < 4.78 is 50.1. The Morgan fingerprint density at radius 3 is 2.09 bits per heavy atom. The molecule has 2 fully saturated rings. The number of halogens is 2. The normalized spacial score (nSPS) is 38.0. The van der Waals surface area contributed by atoms with E-state index in [1.807, 2.05) is 41.5 Å². The Labute approximate surface area is 137 Å². The van der Waals surface area contributed by atoms with Crippen LogP contribution in [0.4, 0.5) is 8.78 Å². The van der Waals surface area contributed by atoms with Gasteiger partial charge in [-0.2, -0.15) is 0 Å². The maximum Gasteiger partial charge on any atom is 0.349 e. The summed E-state index contributed by atoms with van der Waals surface area (Å²) in [5.41, 5.74) is -2.50. The summed E-state index contributed by atoms with van der Waals surface area (Å²) in [7, 11) is -1.75. The maximum atomic E-state index is 13.7. The van der Waals surface area contributed by atoms with Crippen LogP contribution in [0.5, 0.6) is 0 Å². The zero-order valence-corrected chi connectivity index (χ0v) is 15.9. The first-order valence-electron chi connectivity index (χ1n) is 7.82. The molecular weight excluding hydrogens is 326 g/mol. The molecule has 0 aromatic rings. The monoisotopic (exact) mass is 354 g/mol. The molecule has 0 bridgehead atoms. The van der Waals surface area contributed by atoms with Crippen LogP contribution in [0.15, 0.2) is 0 Å². The average molecular weight is 354 g/mol. The lowest BCUT2D eigenvalue weighted by Crippen LogP contribution is -2.68. The highest BCUT2D eigenvalue weighted by atomic mass is 28.4. The van der Waals surface area contributed by atoms with Gasteiger partial charge < -0.3 is 23.4 Å². The summed E-state index contributed by atoms with van der Waals surface area (Å²) >= 11 is 0. The van der Waals surface area contributed by atoms with Crippen molar-refractivity contribution in [2.45, 2.75) is 82.1 Å². The molecule has 5 nitrogen and oxygen atoms in total. The van der Waals surface area contributed by atoms with Crippen LogP contribution in [0, 0.1) is 0 Å². The first-order chi connectivity index (χ1) is 10.3. The second kappa shape index (κ2) is 5.71. The maximum absolute atomic E-state index is 13.7. The average Bonchev–Trinajstić information content (AvgIpc) is 2.69. The molecule has 1 N–H and O–H groups in total. The van der Waals surface area contributed by atoms with Crippen molar-refractivity contribution >= 4 is 8.56 Å². The van der Waals surface area contributed by atoms with Crippen LogP contribution in [0.3, 0.4) is 0 Å². The van der Waals surface area contributed by atoms with E-state index in [1.165, 1.54) is 7.11 Å². The smallest absolute Gasteiger partial charge is 0.349 e. The summed E-state index contributed by atoms with van der Waals surface area (Å²) in [5, 5.41) is 9.89. The summed E-state index contributed by atoms with van der Waals surface area (Å²) in [5.74, 6) is 0. The Morgan fingerprint density at radius 2 is 1.70 bits per heavy atom. The quantitative estimate of drug-likeness (QED) is 0.773. The van der Waals surface area contributed by atoms with Gasteiger partial charge in [0.2, 0.25) is 5.60 Å². The Bertz CT molecular complexity index is 434. The molecule has 136 valence electrons. The van der Waals surface area contributed by atoms with Crippen LogP contribution in [-0.2, 0) is 18.3 Å². The minimum absolute atomic E-state index is 0.111. The van der Waals surface area contributed by atoms with Crippen LogP contribution in [0.25, 0.3) is 0 Å². The van der Waals surface area contributed by atoms with E-state index < -0.39 is 39.1 Å². The van der Waals surface area contributed by atoms with Crippen molar-refractivity contribution in [3.8, 4) is 0 Å². The van der Waals surface area contributed by atoms with Gasteiger partial charge in [-0.1, -0.05) is 41.5 Å². The van der Waals surface area contributed by atoms with Crippen molar-refractivity contribution < 1.29 is 32.2 Å². The Hall–Kier alpha value is -0.123. The lowest BCUT2D eigenvalue weighted by atomic mass is 9.96. The highest BCUT2D eigenvalue weighted by molar-refractivity contribution is 6.73. The Kier molecular flexibility index (Phi) is 4.76. The fourth-order valence-corrected chi connectivity index (χ4v) is 8.85. The predicted octanol–water partition coefficient (Wildman–Crippen LogP) is 2.81. The fourth-order valence-electron chi connectivity index (χ4n) is 3.86. The first kappa shape index (κ1) is 19.2. The topological polar surface area (TPSA) is 57.2 Å². The van der Waals surface area contributed by atoms with Gasteiger partial charge in [-0.3, -0.25) is 0 Å². The van der Waals surface area contributed by atoms with Gasteiger partial charge in [0.15, 0.2) is 6.29 Å². The Balaban J connectivity index is 2.47. The highest BCUT2D eigenvalue weighted by Crippen LogP contribution is 2.56. The van der Waals surface area contributed by atoms with Gasteiger partial charge in [0.25, 0.3) is 6.43 Å². The number of hydrogen-bond acceptors (Lipinski definition) is 5. The SMILES string of the molecule is CO[C@@H]1O[C@@H]2CO[Si](C(C)(C)C)(C(C)(C)C)O[C@H]2[C@@]1(O)C(F)F. The van der Waals surface area contributed by atoms with Crippen LogP contribution >= 0.6 is 0 Å². The first-order valence-corrected chi connectivity index (χ1v) is 9.63. The number of aliphatic hydroxyl groups is 1. The third-order valence-electron chi connectivity index (χ3n) is 4.75. The van der Waals surface area contributed by atoms with Crippen LogP contribution in [-0.4, -0.2) is 57.9 Å². The second-order valence-corrected chi connectivity index (χ2v) is 13.2. The van der Waals surface area contributed by atoms with Gasteiger partial charge >= 0.3 is 8.56 Å². The summed E-state index contributed by atoms with van der Waals surface area (Å²) in [6.45, 7) is 12.0. The predicted molar refractivity (Wildman–Crippen MR) is 82.6 cm³/mol. The molecule has 0 saturated carbocycles. The standard InChI is InChI=1S/C15H28F2O5Si/c1-13(2,3)23(14(4,5)6)20-8-9-10(22-23)15(18,11(16)17)12(19-7)21-9/h9-12,18H,8H2,1-7H3/t9-,10-,12-,15-/m1/s1. The van der Waals surface area contributed by atoms with Crippen molar-refractivity contribution in [2.24, 2.45) is 0 Å². The number of ether oxygens (including phenoxy) is 2. The number of alkyl halides is 2. The van der Waals surface area contributed by atoms with Gasteiger partial charge in [-0.05, 0) is 0 Å². The molecular formula is C15H28F2O5Si. The zero-order valence-electron chi connectivity index (χ0n) is 14.9. The minimum Gasteiger partial charge on any atom is -0.391 e. The number of rotatable bonds is 2. The lowest BCUT2D eigenvalue weighted by Gasteiger charge is -2.54. The summed E-state index contributed by atoms with van der Waals surface area (Å²) in [6.07, 6.45) is -6.44. The number of fused-ring (bicyclic) bond motifs is 1. The van der Waals surface area contributed by atoms with E-state index in [2.05, 4.69) is 0 Å². The second-order valence-electron chi connectivity index (χ2n) is 8.40. The van der Waals surface area contributed by atoms with Gasteiger partial charge in [0.05, 0.1) is 6.61 Å². The van der Waals surface area contributed by atoms with E-state index in [0.29, 0.717) is 0 Å². The molecule has 2 aliphatic heterocycles. The van der Waals surface area contributed by atoms with E-state index in [0.717, 1.165) is 0 Å². The van der Waals surface area contributed by atoms with Gasteiger partial charge in [-0.15, -0.1) is 0 Å². The van der Waals surface area contributed by atoms with Crippen molar-refractivity contribution in [3.05, 3.63) is 0 Å². The molecule has 0 aromatic carbocycles. The van der Waals surface area contributed by atoms with Gasteiger partial charge in [0, 0.05) is 17.2 Å². The summed E-state index contributed by atoms with van der Waals surface area (Å²) in [4.78, 5) is 0. The third-order valence-corrected chi connectivity index (χ3v) is 9.86. The Morgan fingerprint density at radius 1 is 1.17 bits per heavy atom. The zero-order chi connectivity index (χ0) is 17.8. The fraction of sp³-hybridized carbons (Fsp3) is 1.00. The van der Waals surface area contributed by atoms with E-state index in [4.69, 9.17) is 18.3 Å². The largest absolute Gasteiger partial charge is 0.391 e. The molecule has 2 saturated heterocycles. The van der Waals surface area contributed by atoms with Crippen molar-refractivity contribution in [3.63, 3.8) is 0 Å².